The molecule has 7 nitrogen and oxygen atoms in total. The molecule has 0 saturated heterocycles. The zero-order chi connectivity index (χ0) is 16.9. The lowest BCUT2D eigenvalue weighted by Gasteiger charge is -2.15. The van der Waals surface area contributed by atoms with Gasteiger partial charge in [-0.15, -0.1) is 5.10 Å². The minimum absolute atomic E-state index is 0.231. The normalized spacial score (nSPS) is 11.8. The van der Waals surface area contributed by atoms with Crippen molar-refractivity contribution in [3.63, 3.8) is 0 Å². The fourth-order valence-corrected chi connectivity index (χ4v) is 2.20. The van der Waals surface area contributed by atoms with Gasteiger partial charge in [-0.1, -0.05) is 18.2 Å². The molecule has 0 aliphatic heterocycles. The lowest BCUT2D eigenvalue weighted by Crippen LogP contribution is -2.30. The summed E-state index contributed by atoms with van der Waals surface area (Å²) in [5, 5.41) is 13.8. The van der Waals surface area contributed by atoms with Gasteiger partial charge in [-0.05, 0) is 60.2 Å². The highest BCUT2D eigenvalue weighted by Crippen LogP contribution is 2.16. The summed E-state index contributed by atoms with van der Waals surface area (Å²) >= 11 is 0. The van der Waals surface area contributed by atoms with E-state index in [-0.39, 0.29) is 5.91 Å². The molecule has 0 radical (unpaired) electrons. The molecule has 1 N–H and O–H groups in total. The first kappa shape index (κ1) is 15.7. The van der Waals surface area contributed by atoms with Crippen molar-refractivity contribution in [3.8, 4) is 11.4 Å². The number of carbonyl (C=O) groups excluding carboxylic acids is 1. The number of amides is 1. The summed E-state index contributed by atoms with van der Waals surface area (Å²) in [6.45, 7) is 3.69. The van der Waals surface area contributed by atoms with Crippen molar-refractivity contribution in [2.45, 2.75) is 20.0 Å². The third-order valence-corrected chi connectivity index (χ3v) is 3.40. The number of benzene rings is 2. The van der Waals surface area contributed by atoms with Gasteiger partial charge in [-0.25, -0.2) is 4.68 Å². The molecule has 0 fully saturated rings. The molecule has 7 heteroatoms. The second kappa shape index (κ2) is 6.91. The van der Waals surface area contributed by atoms with E-state index in [2.05, 4.69) is 20.8 Å². The van der Waals surface area contributed by atoms with E-state index in [0.717, 1.165) is 11.3 Å². The van der Waals surface area contributed by atoms with Crippen molar-refractivity contribution in [2.75, 3.05) is 5.32 Å². The van der Waals surface area contributed by atoms with Crippen LogP contribution in [0.2, 0.25) is 0 Å². The summed E-state index contributed by atoms with van der Waals surface area (Å²) in [4.78, 5) is 12.3. The van der Waals surface area contributed by atoms with Gasteiger partial charge in [0.2, 0.25) is 0 Å². The number of ether oxygens (including phenoxy) is 1. The Morgan fingerprint density at radius 2 is 2.04 bits per heavy atom. The summed E-state index contributed by atoms with van der Waals surface area (Å²) in [7, 11) is 0. The minimum atomic E-state index is -0.622. The number of anilines is 1. The van der Waals surface area contributed by atoms with Gasteiger partial charge < -0.3 is 10.1 Å². The Labute approximate surface area is 139 Å². The number of aryl methyl sites for hydroxylation is 1. The lowest BCUT2D eigenvalue weighted by atomic mass is 10.2. The van der Waals surface area contributed by atoms with Crippen LogP contribution in [0.25, 0.3) is 5.69 Å². The van der Waals surface area contributed by atoms with Gasteiger partial charge in [-0.3, -0.25) is 4.79 Å². The molecule has 2 aromatic carbocycles. The Balaban J connectivity index is 1.67. The van der Waals surface area contributed by atoms with E-state index in [1.807, 2.05) is 43.3 Å². The van der Waals surface area contributed by atoms with Gasteiger partial charge in [-0.2, -0.15) is 0 Å². The Kier molecular flexibility index (Phi) is 4.51. The van der Waals surface area contributed by atoms with Crippen LogP contribution in [-0.4, -0.2) is 32.2 Å². The van der Waals surface area contributed by atoms with Crippen LogP contribution in [0.15, 0.2) is 54.9 Å². The SMILES string of the molecule is Cc1cccc(O[C@H](C)C(=O)Nc2cccc(-n3cnnn3)c2)c1. The predicted octanol–water partition coefficient (Wildman–Crippen LogP) is 2.38. The molecule has 0 spiro atoms. The smallest absolute Gasteiger partial charge is 0.265 e. The van der Waals surface area contributed by atoms with Crippen molar-refractivity contribution in [3.05, 3.63) is 60.4 Å². The highest BCUT2D eigenvalue weighted by Gasteiger charge is 2.15. The Bertz CT molecular complexity index is 833. The minimum Gasteiger partial charge on any atom is -0.481 e. The predicted molar refractivity (Wildman–Crippen MR) is 89.1 cm³/mol. The standard InChI is InChI=1S/C17H17N5O2/c1-12-5-3-8-16(9-12)24-13(2)17(23)19-14-6-4-7-15(10-14)22-11-18-20-21-22/h3-11,13H,1-2H3,(H,19,23)/t13-/m1/s1. The van der Waals surface area contributed by atoms with Gasteiger partial charge in [0.1, 0.15) is 12.1 Å². The molecular weight excluding hydrogens is 306 g/mol. The molecule has 3 rings (SSSR count). The summed E-state index contributed by atoms with van der Waals surface area (Å²) in [6, 6.07) is 14.8. The van der Waals surface area contributed by atoms with E-state index in [9.17, 15) is 4.79 Å². The number of aromatic nitrogens is 4. The Morgan fingerprint density at radius 3 is 2.79 bits per heavy atom. The summed E-state index contributed by atoms with van der Waals surface area (Å²) in [5.41, 5.74) is 2.48. The second-order valence-corrected chi connectivity index (χ2v) is 5.37. The molecule has 1 heterocycles. The summed E-state index contributed by atoms with van der Waals surface area (Å²) in [5.74, 6) is 0.436. The molecule has 24 heavy (non-hydrogen) atoms. The molecular formula is C17H17N5O2. The zero-order valence-electron chi connectivity index (χ0n) is 13.4. The molecule has 0 bridgehead atoms. The molecule has 0 aliphatic rings. The van der Waals surface area contributed by atoms with Crippen LogP contribution < -0.4 is 10.1 Å². The first-order valence-corrected chi connectivity index (χ1v) is 7.49. The molecule has 122 valence electrons. The second-order valence-electron chi connectivity index (χ2n) is 5.37. The fraction of sp³-hybridized carbons (Fsp3) is 0.176. The number of rotatable bonds is 5. The van der Waals surface area contributed by atoms with Crippen LogP contribution in [0.3, 0.4) is 0 Å². The third-order valence-electron chi connectivity index (χ3n) is 3.40. The largest absolute Gasteiger partial charge is 0.481 e. The average molecular weight is 323 g/mol. The van der Waals surface area contributed by atoms with Crippen LogP contribution in [-0.2, 0) is 4.79 Å². The van der Waals surface area contributed by atoms with E-state index in [0.29, 0.717) is 11.4 Å². The number of hydrogen-bond acceptors (Lipinski definition) is 5. The van der Waals surface area contributed by atoms with Gasteiger partial charge in [0, 0.05) is 5.69 Å². The van der Waals surface area contributed by atoms with E-state index in [4.69, 9.17) is 4.74 Å². The number of tetrazole rings is 1. The maximum Gasteiger partial charge on any atom is 0.265 e. The monoisotopic (exact) mass is 323 g/mol. The van der Waals surface area contributed by atoms with Crippen LogP contribution >= 0.6 is 0 Å². The Hall–Kier alpha value is -3.22. The van der Waals surface area contributed by atoms with Crippen molar-refractivity contribution < 1.29 is 9.53 Å². The van der Waals surface area contributed by atoms with Crippen LogP contribution in [0.1, 0.15) is 12.5 Å². The highest BCUT2D eigenvalue weighted by atomic mass is 16.5. The number of hydrogen-bond donors (Lipinski definition) is 1. The molecule has 3 aromatic rings. The fourth-order valence-electron chi connectivity index (χ4n) is 2.20. The first-order valence-electron chi connectivity index (χ1n) is 7.49. The topological polar surface area (TPSA) is 81.9 Å². The molecule has 1 atom stereocenters. The van der Waals surface area contributed by atoms with Crippen molar-refractivity contribution in [1.29, 1.82) is 0 Å². The van der Waals surface area contributed by atoms with E-state index < -0.39 is 6.10 Å². The zero-order valence-corrected chi connectivity index (χ0v) is 13.4. The van der Waals surface area contributed by atoms with E-state index in [1.165, 1.54) is 11.0 Å². The molecule has 0 saturated carbocycles. The van der Waals surface area contributed by atoms with Gasteiger partial charge in [0.05, 0.1) is 5.69 Å². The average Bonchev–Trinajstić information content (AvgIpc) is 3.09. The lowest BCUT2D eigenvalue weighted by molar-refractivity contribution is -0.122. The third kappa shape index (κ3) is 3.75. The van der Waals surface area contributed by atoms with Crippen LogP contribution in [0.4, 0.5) is 5.69 Å². The molecule has 0 unspecified atom stereocenters. The Morgan fingerprint density at radius 1 is 1.21 bits per heavy atom. The van der Waals surface area contributed by atoms with Gasteiger partial charge in [0.15, 0.2) is 6.10 Å². The van der Waals surface area contributed by atoms with E-state index in [1.54, 1.807) is 19.1 Å². The molecule has 1 aromatic heterocycles. The quantitative estimate of drug-likeness (QED) is 0.779. The maximum absolute atomic E-state index is 12.3. The number of carbonyl (C=O) groups is 1. The van der Waals surface area contributed by atoms with Crippen molar-refractivity contribution >= 4 is 11.6 Å². The van der Waals surface area contributed by atoms with Crippen molar-refractivity contribution in [2.24, 2.45) is 0 Å². The number of nitrogens with one attached hydrogen (secondary N) is 1. The molecule has 1 amide bonds. The van der Waals surface area contributed by atoms with E-state index >= 15 is 0 Å². The first-order chi connectivity index (χ1) is 11.6. The van der Waals surface area contributed by atoms with Gasteiger partial charge in [0.25, 0.3) is 5.91 Å². The highest BCUT2D eigenvalue weighted by molar-refractivity contribution is 5.94. The number of nitrogens with zero attached hydrogens (tertiary/aromatic N) is 4. The molecule has 0 aliphatic carbocycles. The summed E-state index contributed by atoms with van der Waals surface area (Å²) < 4.78 is 7.20. The van der Waals surface area contributed by atoms with Gasteiger partial charge >= 0.3 is 0 Å². The van der Waals surface area contributed by atoms with Crippen LogP contribution in [0, 0.1) is 6.92 Å². The van der Waals surface area contributed by atoms with Crippen LogP contribution in [0.5, 0.6) is 5.75 Å². The van der Waals surface area contributed by atoms with Crippen molar-refractivity contribution in [1.82, 2.24) is 20.2 Å². The maximum atomic E-state index is 12.3. The summed E-state index contributed by atoms with van der Waals surface area (Å²) in [6.07, 6.45) is 0.869.